The van der Waals surface area contributed by atoms with Gasteiger partial charge in [0.25, 0.3) is 5.91 Å². The summed E-state index contributed by atoms with van der Waals surface area (Å²) in [5, 5.41) is 4.65. The lowest BCUT2D eigenvalue weighted by atomic mass is 10.1. The smallest absolute Gasteiger partial charge is 0.321 e. The van der Waals surface area contributed by atoms with Crippen LogP contribution in [0.3, 0.4) is 0 Å². The van der Waals surface area contributed by atoms with Crippen molar-refractivity contribution in [3.8, 4) is 11.5 Å². The van der Waals surface area contributed by atoms with Crippen molar-refractivity contribution in [3.63, 3.8) is 0 Å². The first-order valence-corrected chi connectivity index (χ1v) is 9.63. The Morgan fingerprint density at radius 1 is 0.967 bits per heavy atom. The van der Waals surface area contributed by atoms with Crippen molar-refractivity contribution in [2.45, 2.75) is 25.9 Å². The van der Waals surface area contributed by atoms with E-state index in [9.17, 15) is 14.4 Å². The van der Waals surface area contributed by atoms with Crippen molar-refractivity contribution < 1.29 is 28.6 Å². The zero-order valence-electron chi connectivity index (χ0n) is 17.1. The number of imide groups is 1. The molecule has 8 heteroatoms. The van der Waals surface area contributed by atoms with Crippen LogP contribution in [0, 0.1) is 0 Å². The topological polar surface area (TPSA) is 103 Å². The van der Waals surface area contributed by atoms with Gasteiger partial charge in [-0.3, -0.25) is 14.9 Å². The normalized spacial score (nSPS) is 11.1. The number of methoxy groups -OCH3 is 1. The molecular weight excluding hydrogens is 388 g/mol. The van der Waals surface area contributed by atoms with E-state index >= 15 is 0 Å². The van der Waals surface area contributed by atoms with E-state index < -0.39 is 24.0 Å². The molecular formula is C22H26N2O6. The molecule has 2 N–H and O–H groups in total. The van der Waals surface area contributed by atoms with Gasteiger partial charge in [0.05, 0.1) is 13.7 Å². The number of carbonyl (C=O) groups excluding carboxylic acids is 3. The van der Waals surface area contributed by atoms with E-state index in [4.69, 9.17) is 14.2 Å². The van der Waals surface area contributed by atoms with Gasteiger partial charge in [0.1, 0.15) is 11.5 Å². The number of carbonyl (C=O) groups is 3. The Morgan fingerprint density at radius 3 is 2.27 bits per heavy atom. The molecule has 30 heavy (non-hydrogen) atoms. The Bertz CT molecular complexity index is 823. The highest BCUT2D eigenvalue weighted by Crippen LogP contribution is 2.19. The number of nitrogens with one attached hydrogen (secondary N) is 2. The molecule has 2 rings (SSSR count). The average molecular weight is 414 g/mol. The molecule has 0 aromatic heterocycles. The molecule has 0 bridgehead atoms. The van der Waals surface area contributed by atoms with Crippen LogP contribution in [0.2, 0.25) is 0 Å². The van der Waals surface area contributed by atoms with Gasteiger partial charge in [-0.1, -0.05) is 30.3 Å². The third-order valence-corrected chi connectivity index (χ3v) is 4.02. The number of ether oxygens (including phenoxy) is 3. The molecule has 0 aliphatic carbocycles. The van der Waals surface area contributed by atoms with E-state index in [1.54, 1.807) is 68.6 Å². The molecule has 2 aromatic carbocycles. The number of hydrogen-bond acceptors (Lipinski definition) is 6. The van der Waals surface area contributed by atoms with E-state index in [1.165, 1.54) is 0 Å². The monoisotopic (exact) mass is 414 g/mol. The minimum absolute atomic E-state index is 0.0634. The maximum atomic E-state index is 12.4. The van der Waals surface area contributed by atoms with Crippen molar-refractivity contribution in [2.24, 2.45) is 0 Å². The van der Waals surface area contributed by atoms with E-state index in [2.05, 4.69) is 10.6 Å². The lowest BCUT2D eigenvalue weighted by Gasteiger charge is -2.17. The second kappa shape index (κ2) is 12.1. The first kappa shape index (κ1) is 22.7. The fourth-order valence-electron chi connectivity index (χ4n) is 2.55. The number of rotatable bonds is 10. The molecule has 0 spiro atoms. The van der Waals surface area contributed by atoms with Crippen molar-refractivity contribution >= 4 is 17.9 Å². The molecule has 0 aliphatic heterocycles. The second-order valence-electron chi connectivity index (χ2n) is 6.26. The van der Waals surface area contributed by atoms with Gasteiger partial charge in [0.15, 0.2) is 0 Å². The average Bonchev–Trinajstić information content (AvgIpc) is 2.76. The molecule has 0 heterocycles. The predicted molar refractivity (Wildman–Crippen MR) is 110 cm³/mol. The van der Waals surface area contributed by atoms with Crippen LogP contribution in [0.4, 0.5) is 4.79 Å². The summed E-state index contributed by atoms with van der Waals surface area (Å²) in [7, 11) is 1.58. The van der Waals surface area contributed by atoms with Crippen LogP contribution in [0.15, 0.2) is 54.6 Å². The molecule has 0 aliphatic rings. The van der Waals surface area contributed by atoms with Crippen molar-refractivity contribution in [3.05, 3.63) is 60.2 Å². The lowest BCUT2D eigenvalue weighted by Crippen LogP contribution is -2.42. The maximum Gasteiger partial charge on any atom is 0.321 e. The van der Waals surface area contributed by atoms with Crippen LogP contribution in [-0.2, 0) is 14.3 Å². The molecule has 0 saturated heterocycles. The van der Waals surface area contributed by atoms with Crippen molar-refractivity contribution in [2.75, 3.05) is 20.3 Å². The van der Waals surface area contributed by atoms with Gasteiger partial charge < -0.3 is 19.5 Å². The van der Waals surface area contributed by atoms with Gasteiger partial charge in [-0.2, -0.15) is 0 Å². The fraction of sp³-hybridized carbons (Fsp3) is 0.318. The van der Waals surface area contributed by atoms with E-state index in [1.807, 2.05) is 0 Å². The summed E-state index contributed by atoms with van der Waals surface area (Å²) in [5.74, 6) is 0.111. The molecule has 1 atom stereocenters. The first-order chi connectivity index (χ1) is 14.5. The molecule has 0 saturated carbocycles. The molecule has 0 unspecified atom stereocenters. The first-order valence-electron chi connectivity index (χ1n) is 9.63. The van der Waals surface area contributed by atoms with Crippen LogP contribution < -0.4 is 20.1 Å². The molecule has 3 amide bonds. The maximum absolute atomic E-state index is 12.4. The van der Waals surface area contributed by atoms with Crippen molar-refractivity contribution in [1.82, 2.24) is 10.6 Å². The van der Waals surface area contributed by atoms with E-state index in [0.717, 1.165) is 5.75 Å². The summed E-state index contributed by atoms with van der Waals surface area (Å²) < 4.78 is 16.0. The predicted octanol–water partition coefficient (Wildman–Crippen LogP) is 2.98. The third kappa shape index (κ3) is 7.46. The Balaban J connectivity index is 1.87. The number of esters is 1. The van der Waals surface area contributed by atoms with Gasteiger partial charge in [-0.25, -0.2) is 4.79 Å². The summed E-state index contributed by atoms with van der Waals surface area (Å²) in [6, 6.07) is 15.0. The number of benzene rings is 2. The number of hydrogen-bond donors (Lipinski definition) is 2. The third-order valence-electron chi connectivity index (χ3n) is 4.02. The second-order valence-corrected chi connectivity index (χ2v) is 6.26. The standard InChI is InChI=1S/C22H26N2O6/c1-3-23-22(27)24-21(26)20(16-8-5-4-6-9-16)30-19(25)10-7-15-29-18-13-11-17(28-2)12-14-18/h4-6,8-9,11-14,20H,3,7,10,15H2,1-2H3,(H2,23,24,26,27)/t20-/m0/s1. The molecule has 0 fully saturated rings. The van der Waals surface area contributed by atoms with Crippen LogP contribution >= 0.6 is 0 Å². The highest BCUT2D eigenvalue weighted by Gasteiger charge is 2.26. The summed E-state index contributed by atoms with van der Waals surface area (Å²) >= 11 is 0. The SMILES string of the molecule is CCNC(=O)NC(=O)[C@@H](OC(=O)CCCOc1ccc(OC)cc1)c1ccccc1. The Hall–Kier alpha value is -3.55. The Morgan fingerprint density at radius 2 is 1.63 bits per heavy atom. The zero-order valence-corrected chi connectivity index (χ0v) is 17.1. The minimum atomic E-state index is -1.22. The lowest BCUT2D eigenvalue weighted by molar-refractivity contribution is -0.156. The molecule has 0 radical (unpaired) electrons. The van der Waals surface area contributed by atoms with Crippen LogP contribution in [-0.4, -0.2) is 38.2 Å². The summed E-state index contributed by atoms with van der Waals surface area (Å²) in [4.78, 5) is 36.4. The highest BCUT2D eigenvalue weighted by molar-refractivity contribution is 5.97. The summed E-state index contributed by atoms with van der Waals surface area (Å²) in [6.07, 6.45) is -0.748. The van der Waals surface area contributed by atoms with E-state index in [0.29, 0.717) is 30.9 Å². The highest BCUT2D eigenvalue weighted by atomic mass is 16.5. The molecule has 160 valence electrons. The Kier molecular flexibility index (Phi) is 9.18. The Labute approximate surface area is 175 Å². The number of urea groups is 1. The van der Waals surface area contributed by atoms with E-state index in [-0.39, 0.29) is 6.42 Å². The van der Waals surface area contributed by atoms with Gasteiger partial charge in [0.2, 0.25) is 6.10 Å². The largest absolute Gasteiger partial charge is 0.497 e. The van der Waals surface area contributed by atoms with Gasteiger partial charge in [-0.05, 0) is 37.6 Å². The summed E-state index contributed by atoms with van der Waals surface area (Å²) in [5.41, 5.74) is 0.474. The van der Waals surface area contributed by atoms with Gasteiger partial charge in [0, 0.05) is 18.5 Å². The van der Waals surface area contributed by atoms with Crippen molar-refractivity contribution in [1.29, 1.82) is 0 Å². The van der Waals surface area contributed by atoms with Gasteiger partial charge >= 0.3 is 12.0 Å². The minimum Gasteiger partial charge on any atom is -0.497 e. The number of amides is 3. The molecule has 2 aromatic rings. The van der Waals surface area contributed by atoms with Crippen LogP contribution in [0.1, 0.15) is 31.4 Å². The fourth-order valence-corrected chi connectivity index (χ4v) is 2.55. The summed E-state index contributed by atoms with van der Waals surface area (Å²) in [6.45, 7) is 2.40. The quantitative estimate of drug-likeness (QED) is 0.458. The molecule has 8 nitrogen and oxygen atoms in total. The van der Waals surface area contributed by atoms with Crippen LogP contribution in [0.5, 0.6) is 11.5 Å². The van der Waals surface area contributed by atoms with Gasteiger partial charge in [-0.15, -0.1) is 0 Å². The van der Waals surface area contributed by atoms with Crippen LogP contribution in [0.25, 0.3) is 0 Å². The zero-order chi connectivity index (χ0) is 21.8.